The number of nitrogens with zero attached hydrogens (tertiary/aromatic N) is 7. The number of ether oxygens (including phenoxy) is 6. The van der Waals surface area contributed by atoms with Crippen molar-refractivity contribution in [3.8, 4) is 23.0 Å². The van der Waals surface area contributed by atoms with Crippen LogP contribution in [0.4, 0.5) is 11.9 Å². The number of halogens is 2. The first-order chi connectivity index (χ1) is 48.0. The molecule has 0 radical (unpaired) electrons. The van der Waals surface area contributed by atoms with Crippen molar-refractivity contribution in [3.63, 3.8) is 0 Å². The van der Waals surface area contributed by atoms with Crippen molar-refractivity contribution in [3.05, 3.63) is 220 Å². The maximum Gasteiger partial charge on any atom is 0.530 e. The van der Waals surface area contributed by atoms with Gasteiger partial charge in [0.05, 0.1) is 52.8 Å². The smallest absolute Gasteiger partial charge is 0.497 e. The molecule has 0 amide bonds. The Labute approximate surface area is 574 Å². The Morgan fingerprint density at radius 3 is 1.48 bits per heavy atom. The monoisotopic (exact) mass is 1450 g/mol. The van der Waals surface area contributed by atoms with Gasteiger partial charge in [0, 0.05) is 28.2 Å². The first-order valence-corrected chi connectivity index (χ1v) is 34.2. The third-order valence-corrected chi connectivity index (χ3v) is 20.0. The van der Waals surface area contributed by atoms with E-state index in [9.17, 15) is 34.5 Å². The third-order valence-electron chi connectivity index (χ3n) is 16.7. The number of aliphatic hydroxyl groups excluding tert-OH is 3. The lowest BCUT2D eigenvalue weighted by atomic mass is 9.80. The van der Waals surface area contributed by atoms with Crippen LogP contribution in [0.25, 0.3) is 22.3 Å². The lowest BCUT2D eigenvalue weighted by Crippen LogP contribution is -2.41. The summed E-state index contributed by atoms with van der Waals surface area (Å²) in [5, 5.41) is 37.3. The summed E-state index contributed by atoms with van der Waals surface area (Å²) >= 11 is 12.6. The Hall–Kier alpha value is -9.12. The number of benzene rings is 5. The molecular formula is C63H62Cl2N12O21P2. The van der Waals surface area contributed by atoms with E-state index in [0.717, 1.165) is 15.5 Å². The number of methoxy groups -OCH3 is 2. The number of nitrogen functional groups attached to an aromatic ring is 2. The highest BCUT2D eigenvalue weighted by molar-refractivity contribution is 7.49. The number of rotatable bonds is 25. The number of anilines is 2. The topological polar surface area (TPSA) is 440 Å². The average Bonchev–Trinajstić information content (AvgIpc) is 0.922. The maximum absolute atomic E-state index is 16.3. The Bertz CT molecular complexity index is 4910. The fourth-order valence-corrected chi connectivity index (χ4v) is 14.9. The minimum Gasteiger partial charge on any atom is -0.497 e. The van der Waals surface area contributed by atoms with Gasteiger partial charge in [-0.2, -0.15) is 9.97 Å². The summed E-state index contributed by atoms with van der Waals surface area (Å²) in [5.74, 6) is 0.0174. The molecule has 524 valence electrons. The molecule has 3 aliphatic heterocycles. The molecule has 5 aromatic heterocycles. The first kappa shape index (κ1) is 69.4. The van der Waals surface area contributed by atoms with Gasteiger partial charge in [0.15, 0.2) is 34.8 Å². The number of phosphoric acid groups is 2. The summed E-state index contributed by atoms with van der Waals surface area (Å²) in [6.45, 7) is -0.906. The average molecular weight is 1460 g/mol. The molecule has 0 saturated carbocycles. The van der Waals surface area contributed by atoms with Crippen molar-refractivity contribution in [1.82, 2.24) is 48.6 Å². The molecule has 13 atom stereocenters. The molecule has 100 heavy (non-hydrogen) atoms. The van der Waals surface area contributed by atoms with Gasteiger partial charge in [0.1, 0.15) is 77.6 Å². The number of nitrogens with one attached hydrogen (secondary N) is 3. The van der Waals surface area contributed by atoms with Crippen molar-refractivity contribution < 1.29 is 80.0 Å². The molecular weight excluding hydrogens is 1390 g/mol. The van der Waals surface area contributed by atoms with Crippen LogP contribution in [0.1, 0.15) is 47.4 Å². The number of hydrogen-bond donors (Lipinski definition) is 8. The Morgan fingerprint density at radius 1 is 0.570 bits per heavy atom. The number of aliphatic hydroxyl groups is 3. The molecule has 5 aromatic carbocycles. The maximum atomic E-state index is 16.3. The van der Waals surface area contributed by atoms with Crippen LogP contribution in [0.3, 0.4) is 0 Å². The number of fused-ring (bicyclic) bond motifs is 2. The zero-order chi connectivity index (χ0) is 70.4. The number of aromatic nitrogens is 10. The number of imidazole rings is 2. The van der Waals surface area contributed by atoms with E-state index in [-0.39, 0.29) is 67.8 Å². The molecule has 3 saturated heterocycles. The van der Waals surface area contributed by atoms with E-state index in [0.29, 0.717) is 28.2 Å². The first-order valence-electron chi connectivity index (χ1n) is 30.5. The van der Waals surface area contributed by atoms with Crippen molar-refractivity contribution >= 4 is 73.1 Å². The van der Waals surface area contributed by atoms with Crippen molar-refractivity contribution in [1.29, 1.82) is 0 Å². The lowest BCUT2D eigenvalue weighted by molar-refractivity contribution is -0.0946. The summed E-state index contributed by atoms with van der Waals surface area (Å²) in [5.41, 5.74) is 8.59. The van der Waals surface area contributed by atoms with Gasteiger partial charge in [-0.3, -0.25) is 61.1 Å². The summed E-state index contributed by atoms with van der Waals surface area (Å²) < 4.78 is 110. The van der Waals surface area contributed by atoms with Gasteiger partial charge in [0.25, 0.3) is 16.7 Å². The molecule has 0 spiro atoms. The lowest BCUT2D eigenvalue weighted by Gasteiger charge is -2.37. The molecule has 3 fully saturated rings. The molecule has 2 unspecified atom stereocenters. The molecule has 0 aliphatic carbocycles. The quantitative estimate of drug-likeness (QED) is 0.0242. The minimum atomic E-state index is -5.45. The zero-order valence-corrected chi connectivity index (χ0v) is 56.0. The fourth-order valence-electron chi connectivity index (χ4n) is 11.8. The molecule has 0 bridgehead atoms. The van der Waals surface area contributed by atoms with E-state index in [2.05, 4.69) is 34.9 Å². The Morgan fingerprint density at radius 2 is 1.01 bits per heavy atom. The van der Waals surface area contributed by atoms with E-state index in [4.69, 9.17) is 90.2 Å². The van der Waals surface area contributed by atoms with Crippen LogP contribution in [-0.2, 0) is 51.8 Å². The summed E-state index contributed by atoms with van der Waals surface area (Å²) in [4.78, 5) is 75.5. The molecule has 33 nitrogen and oxygen atoms in total. The number of aryl methyl sites for hydroxylation is 1. The highest BCUT2D eigenvalue weighted by Crippen LogP contribution is 2.57. The minimum absolute atomic E-state index is 0.140. The standard InChI is InChI=1S/C63H62Cl2N12O21P2/c1-32-26-75(62(84)74-55(32)81)46-25-42(78)43(92-46)28-90-99(85,95-40-21-13-36(64)14-22-40)98-52-45(94-59(50(52)80)77-31-69-48-54(77)71-61(67)73-57(48)83)29-91-100(86,96-41-23-15-37(65)16-24-41)97-51-44(93-58(49(51)79)76-30-68-47-53(76)70-60(66)72-56(47)82)27-89-63(33-7-5-4-6-8-33,34-9-17-38(87-2)18-10-34)35-11-19-39(88-3)20-12-35/h4-24,26,30-31,42-46,49-52,58-59,78-80H,25,27-29H2,1-3H3,(H,74,81,84)(H3,66,70,72,82)(H3,67,71,73,83)/t42-,43+,44+,45+,46+,49+,50+,51+,52+,58+,59+,99?,100?/m0/s1. The van der Waals surface area contributed by atoms with Gasteiger partial charge in [-0.15, -0.1) is 0 Å². The molecule has 10 N–H and O–H groups in total. The molecule has 3 aliphatic rings. The highest BCUT2D eigenvalue weighted by Gasteiger charge is 2.55. The van der Waals surface area contributed by atoms with Crippen LogP contribution in [-0.4, -0.2) is 147 Å². The van der Waals surface area contributed by atoms with Crippen LogP contribution in [0, 0.1) is 6.92 Å². The van der Waals surface area contributed by atoms with Crippen LogP contribution in [0.5, 0.6) is 23.0 Å². The predicted octanol–water partition coefficient (Wildman–Crippen LogP) is 5.95. The number of aromatic amines is 3. The molecule has 8 heterocycles. The van der Waals surface area contributed by atoms with Gasteiger partial charge in [-0.05, 0) is 96.4 Å². The van der Waals surface area contributed by atoms with Gasteiger partial charge < -0.3 is 64.3 Å². The second-order valence-electron chi connectivity index (χ2n) is 23.1. The van der Waals surface area contributed by atoms with E-state index >= 15 is 9.13 Å². The van der Waals surface area contributed by atoms with Gasteiger partial charge in [0.2, 0.25) is 11.9 Å². The van der Waals surface area contributed by atoms with E-state index < -0.39 is 131 Å². The normalized spacial score (nSPS) is 23.5. The van der Waals surface area contributed by atoms with Crippen LogP contribution < -0.4 is 52.4 Å². The van der Waals surface area contributed by atoms with Gasteiger partial charge in [-0.25, -0.2) is 23.9 Å². The number of hydrogen-bond acceptors (Lipinski definition) is 27. The Balaban J connectivity index is 0.882. The van der Waals surface area contributed by atoms with Crippen molar-refractivity contribution in [2.24, 2.45) is 0 Å². The molecule has 37 heteroatoms. The highest BCUT2D eigenvalue weighted by atomic mass is 35.5. The van der Waals surface area contributed by atoms with Crippen LogP contribution in [0.15, 0.2) is 165 Å². The SMILES string of the molecule is COc1ccc(C(OC[C@H]2O[C@@H](n3cnc4c(=O)[nH]c(N)nc43)[C@H](O)[C@@H]2OP(=O)(OC[C@H]2O[C@@H](n3cnc4c(=O)[nH]c(N)nc43)[C@H](O)[C@@H]2OP(=O)(OC[C@H]2O[C@@H](n3cc(C)c(=O)[nH]c3=O)C[C@@H]2O)Oc2ccc(Cl)cc2)Oc2ccc(Cl)cc2)(c2ccccc2)c2ccc(OC)cc2)cc1. The largest absolute Gasteiger partial charge is 0.530 e. The zero-order valence-electron chi connectivity index (χ0n) is 52.7. The summed E-state index contributed by atoms with van der Waals surface area (Å²) in [6.07, 6.45) is -15.2. The molecule has 10 aromatic rings. The van der Waals surface area contributed by atoms with Crippen LogP contribution >= 0.6 is 38.8 Å². The Kier molecular flexibility index (Phi) is 19.8. The summed E-state index contributed by atoms with van der Waals surface area (Å²) in [6, 6.07) is 34.2. The van der Waals surface area contributed by atoms with Crippen molar-refractivity contribution in [2.75, 3.05) is 45.5 Å². The number of nitrogens with two attached hydrogens (primary N) is 2. The van der Waals surface area contributed by atoms with Gasteiger partial charge in [-0.1, -0.05) is 77.8 Å². The summed E-state index contributed by atoms with van der Waals surface area (Å²) in [7, 11) is -7.69. The number of H-pyrrole nitrogens is 3. The fraction of sp³-hybridized carbons (Fsp3) is 0.302. The van der Waals surface area contributed by atoms with Gasteiger partial charge >= 0.3 is 21.3 Å². The second-order valence-corrected chi connectivity index (χ2v) is 27.1. The van der Waals surface area contributed by atoms with E-state index in [1.54, 1.807) is 48.5 Å². The second kappa shape index (κ2) is 28.5. The molecule has 13 rings (SSSR count). The third kappa shape index (κ3) is 14.1. The predicted molar refractivity (Wildman–Crippen MR) is 355 cm³/mol. The number of phosphoric ester groups is 2. The van der Waals surface area contributed by atoms with Crippen molar-refractivity contribution in [2.45, 2.75) is 86.5 Å². The van der Waals surface area contributed by atoms with E-state index in [1.165, 1.54) is 86.8 Å². The van der Waals surface area contributed by atoms with Crippen LogP contribution in [0.2, 0.25) is 10.0 Å². The van der Waals surface area contributed by atoms with E-state index in [1.807, 2.05) is 30.3 Å².